The molecule has 1 aliphatic heterocycles. The lowest BCUT2D eigenvalue weighted by Gasteiger charge is -2.34. The Bertz CT molecular complexity index is 795. The zero-order valence-corrected chi connectivity index (χ0v) is 17.3. The van der Waals surface area contributed by atoms with Gasteiger partial charge in [-0.25, -0.2) is 0 Å². The summed E-state index contributed by atoms with van der Waals surface area (Å²) < 4.78 is 1.98. The van der Waals surface area contributed by atoms with Gasteiger partial charge in [0.25, 0.3) is 0 Å². The summed E-state index contributed by atoms with van der Waals surface area (Å²) in [5, 5.41) is 10.0. The van der Waals surface area contributed by atoms with E-state index in [0.717, 1.165) is 29.6 Å². The molecular formula is C20H25ClN4OS. The summed E-state index contributed by atoms with van der Waals surface area (Å²) in [6, 6.07) is 7.50. The topological polar surface area (TPSA) is 51.0 Å². The fourth-order valence-electron chi connectivity index (χ4n) is 3.59. The van der Waals surface area contributed by atoms with Crippen LogP contribution in [0.5, 0.6) is 0 Å². The number of halogens is 1. The van der Waals surface area contributed by atoms with Crippen LogP contribution in [0.2, 0.25) is 5.02 Å². The maximum atomic E-state index is 12.7. The molecule has 0 N–H and O–H groups in total. The van der Waals surface area contributed by atoms with Crippen molar-refractivity contribution in [2.75, 3.05) is 18.8 Å². The van der Waals surface area contributed by atoms with Crippen molar-refractivity contribution in [2.24, 2.45) is 11.8 Å². The monoisotopic (exact) mass is 404 g/mol. The molecule has 7 heteroatoms. The number of piperidine rings is 1. The van der Waals surface area contributed by atoms with Gasteiger partial charge in [-0.1, -0.05) is 43.3 Å². The van der Waals surface area contributed by atoms with Crippen molar-refractivity contribution in [3.63, 3.8) is 0 Å². The van der Waals surface area contributed by atoms with E-state index in [9.17, 15) is 4.79 Å². The predicted molar refractivity (Wildman–Crippen MR) is 111 cm³/mol. The number of hydrogen-bond acceptors (Lipinski definition) is 4. The quantitative estimate of drug-likeness (QED) is 0.529. The van der Waals surface area contributed by atoms with Crippen LogP contribution in [0.3, 0.4) is 0 Å². The molecule has 0 saturated carbocycles. The van der Waals surface area contributed by atoms with Gasteiger partial charge in [-0.2, -0.15) is 0 Å². The van der Waals surface area contributed by atoms with E-state index in [1.165, 1.54) is 18.2 Å². The fourth-order valence-corrected chi connectivity index (χ4v) is 4.56. The van der Waals surface area contributed by atoms with Crippen molar-refractivity contribution in [2.45, 2.75) is 32.0 Å². The fraction of sp³-hybridized carbons (Fsp3) is 0.450. The normalized spacial score (nSPS) is 19.9. The molecule has 3 rings (SSSR count). The van der Waals surface area contributed by atoms with Crippen molar-refractivity contribution in [3.8, 4) is 11.4 Å². The molecule has 0 radical (unpaired) electrons. The molecule has 1 saturated heterocycles. The highest BCUT2D eigenvalue weighted by Crippen LogP contribution is 2.26. The maximum Gasteiger partial charge on any atom is 0.233 e. The maximum absolute atomic E-state index is 12.7. The minimum Gasteiger partial charge on any atom is -0.341 e. The number of carbonyl (C=O) groups excluding carboxylic acids is 1. The van der Waals surface area contributed by atoms with E-state index < -0.39 is 0 Å². The van der Waals surface area contributed by atoms with Gasteiger partial charge in [0.1, 0.15) is 0 Å². The highest BCUT2D eigenvalue weighted by molar-refractivity contribution is 7.99. The molecule has 2 aromatic rings. The van der Waals surface area contributed by atoms with Crippen LogP contribution in [0.25, 0.3) is 11.4 Å². The first kappa shape index (κ1) is 20.0. The average Bonchev–Trinajstić information content (AvgIpc) is 3.02. The second kappa shape index (κ2) is 8.93. The van der Waals surface area contributed by atoms with Gasteiger partial charge in [0, 0.05) is 30.2 Å². The Hall–Kier alpha value is -1.79. The van der Waals surface area contributed by atoms with Crippen LogP contribution in [-0.2, 0) is 11.3 Å². The number of benzene rings is 1. The van der Waals surface area contributed by atoms with Crippen molar-refractivity contribution in [1.82, 2.24) is 19.7 Å². The number of likely N-dealkylation sites (tertiary alicyclic amines) is 1. The Kier molecular flexibility index (Phi) is 6.60. The van der Waals surface area contributed by atoms with Gasteiger partial charge in [-0.15, -0.1) is 16.8 Å². The Labute approximate surface area is 169 Å². The Morgan fingerprint density at radius 2 is 1.93 bits per heavy atom. The number of carbonyl (C=O) groups is 1. The van der Waals surface area contributed by atoms with Crippen LogP contribution in [0.1, 0.15) is 20.3 Å². The smallest absolute Gasteiger partial charge is 0.233 e. The van der Waals surface area contributed by atoms with Gasteiger partial charge < -0.3 is 4.90 Å². The van der Waals surface area contributed by atoms with E-state index in [0.29, 0.717) is 29.2 Å². The molecule has 1 amide bonds. The molecule has 144 valence electrons. The predicted octanol–water partition coefficient (Wildman–Crippen LogP) is 4.38. The van der Waals surface area contributed by atoms with E-state index in [2.05, 4.69) is 30.6 Å². The third-order valence-corrected chi connectivity index (χ3v) is 5.88. The highest BCUT2D eigenvalue weighted by Gasteiger charge is 2.26. The molecule has 5 nitrogen and oxygen atoms in total. The molecule has 2 atom stereocenters. The van der Waals surface area contributed by atoms with Gasteiger partial charge in [0.15, 0.2) is 11.0 Å². The molecule has 0 bridgehead atoms. The second-order valence-corrected chi connectivity index (χ2v) is 8.62. The first-order valence-electron chi connectivity index (χ1n) is 9.18. The van der Waals surface area contributed by atoms with Crippen LogP contribution in [0.15, 0.2) is 42.1 Å². The molecule has 27 heavy (non-hydrogen) atoms. The Morgan fingerprint density at radius 1 is 1.26 bits per heavy atom. The SMILES string of the molecule is C=CCn1c(SCC(=O)N2C[C@H](C)C[C@@H](C)C2)nnc1-c1ccc(Cl)cc1. The summed E-state index contributed by atoms with van der Waals surface area (Å²) in [6.45, 7) is 10.5. The summed E-state index contributed by atoms with van der Waals surface area (Å²) in [6.07, 6.45) is 3.00. The molecule has 1 fully saturated rings. The molecule has 1 aromatic heterocycles. The van der Waals surface area contributed by atoms with E-state index in [1.807, 2.05) is 39.8 Å². The van der Waals surface area contributed by atoms with Gasteiger partial charge in [0.05, 0.1) is 5.75 Å². The summed E-state index contributed by atoms with van der Waals surface area (Å²) in [5.41, 5.74) is 0.936. The van der Waals surface area contributed by atoms with Gasteiger partial charge >= 0.3 is 0 Å². The molecule has 0 unspecified atom stereocenters. The average molecular weight is 405 g/mol. The molecule has 1 aromatic carbocycles. The number of thioether (sulfide) groups is 1. The number of amides is 1. The minimum atomic E-state index is 0.166. The first-order chi connectivity index (χ1) is 13.0. The molecule has 1 aliphatic rings. The van der Waals surface area contributed by atoms with Crippen molar-refractivity contribution < 1.29 is 4.79 Å². The summed E-state index contributed by atoms with van der Waals surface area (Å²) in [5.74, 6) is 2.41. The molecule has 0 spiro atoms. The zero-order valence-electron chi connectivity index (χ0n) is 15.8. The number of allylic oxidation sites excluding steroid dienone is 1. The molecular weight excluding hydrogens is 380 g/mol. The van der Waals surface area contributed by atoms with E-state index >= 15 is 0 Å². The van der Waals surface area contributed by atoms with Crippen LogP contribution >= 0.6 is 23.4 Å². The molecule has 2 heterocycles. The van der Waals surface area contributed by atoms with Gasteiger partial charge in [-0.05, 0) is 42.5 Å². The van der Waals surface area contributed by atoms with Gasteiger partial charge in [-0.3, -0.25) is 9.36 Å². The summed E-state index contributed by atoms with van der Waals surface area (Å²) in [4.78, 5) is 14.6. The lowest BCUT2D eigenvalue weighted by molar-refractivity contribution is -0.130. The number of hydrogen-bond donors (Lipinski definition) is 0. The number of nitrogens with zero attached hydrogens (tertiary/aromatic N) is 4. The minimum absolute atomic E-state index is 0.166. The van der Waals surface area contributed by atoms with Crippen LogP contribution in [0.4, 0.5) is 0 Å². The zero-order chi connectivity index (χ0) is 19.4. The largest absolute Gasteiger partial charge is 0.341 e. The lowest BCUT2D eigenvalue weighted by Crippen LogP contribution is -2.43. The lowest BCUT2D eigenvalue weighted by atomic mass is 9.92. The first-order valence-corrected chi connectivity index (χ1v) is 10.5. The van der Waals surface area contributed by atoms with Crippen LogP contribution in [-0.4, -0.2) is 44.4 Å². The number of rotatable bonds is 6. The third-order valence-electron chi connectivity index (χ3n) is 4.68. The van der Waals surface area contributed by atoms with Crippen LogP contribution in [0, 0.1) is 11.8 Å². The highest BCUT2D eigenvalue weighted by atomic mass is 35.5. The standard InChI is InChI=1S/C20H25ClN4OS/c1-4-9-25-19(16-5-7-17(21)8-6-16)22-23-20(25)27-13-18(26)24-11-14(2)10-15(3)12-24/h4-8,14-15H,1,9-13H2,2-3H3/t14-,15-/m1/s1. The molecule has 0 aliphatic carbocycles. The Balaban J connectivity index is 1.72. The van der Waals surface area contributed by atoms with Crippen molar-refractivity contribution in [3.05, 3.63) is 41.9 Å². The van der Waals surface area contributed by atoms with E-state index in [1.54, 1.807) is 0 Å². The Morgan fingerprint density at radius 3 is 2.56 bits per heavy atom. The van der Waals surface area contributed by atoms with Crippen molar-refractivity contribution >= 4 is 29.3 Å². The van der Waals surface area contributed by atoms with Crippen LogP contribution < -0.4 is 0 Å². The second-order valence-electron chi connectivity index (χ2n) is 7.25. The number of aromatic nitrogens is 3. The van der Waals surface area contributed by atoms with Crippen molar-refractivity contribution in [1.29, 1.82) is 0 Å². The van der Waals surface area contributed by atoms with E-state index in [-0.39, 0.29) is 5.91 Å². The summed E-state index contributed by atoms with van der Waals surface area (Å²) in [7, 11) is 0. The van der Waals surface area contributed by atoms with E-state index in [4.69, 9.17) is 11.6 Å². The summed E-state index contributed by atoms with van der Waals surface area (Å²) >= 11 is 7.41. The van der Waals surface area contributed by atoms with Gasteiger partial charge in [0.2, 0.25) is 5.91 Å². The third kappa shape index (κ3) is 4.93.